The third-order valence-electron chi connectivity index (χ3n) is 5.05. The van der Waals surface area contributed by atoms with Gasteiger partial charge in [-0.15, -0.1) is 0 Å². The van der Waals surface area contributed by atoms with E-state index < -0.39 is 0 Å². The Labute approximate surface area is 174 Å². The molecule has 4 aromatic rings. The number of hydrogen-bond acceptors (Lipinski definition) is 5. The molecule has 152 valence electrons. The summed E-state index contributed by atoms with van der Waals surface area (Å²) in [6, 6.07) is 15.6. The van der Waals surface area contributed by atoms with Gasteiger partial charge < -0.3 is 19.6 Å². The topological polar surface area (TPSA) is 79.7 Å². The van der Waals surface area contributed by atoms with Crippen LogP contribution in [0.3, 0.4) is 0 Å². The number of aromatic amines is 1. The molecule has 0 saturated carbocycles. The van der Waals surface area contributed by atoms with Crippen LogP contribution in [0.4, 0.5) is 5.69 Å². The number of H-pyrrole nitrogens is 1. The molecule has 0 aliphatic heterocycles. The van der Waals surface area contributed by atoms with Crippen LogP contribution in [0.2, 0.25) is 0 Å². The van der Waals surface area contributed by atoms with E-state index in [0.717, 1.165) is 33.4 Å². The lowest BCUT2D eigenvalue weighted by Crippen LogP contribution is -1.98. The molecule has 0 radical (unpaired) electrons. The van der Waals surface area contributed by atoms with Gasteiger partial charge in [0, 0.05) is 23.8 Å². The van der Waals surface area contributed by atoms with Crippen LogP contribution in [0.1, 0.15) is 18.9 Å². The lowest BCUT2D eigenvalue weighted by molar-refractivity contribution is 0.356. The normalized spacial score (nSPS) is 11.6. The van der Waals surface area contributed by atoms with Gasteiger partial charge in [0.15, 0.2) is 17.4 Å². The maximum atomic E-state index is 10.6. The summed E-state index contributed by atoms with van der Waals surface area (Å²) in [5.41, 5.74) is 5.23. The van der Waals surface area contributed by atoms with Gasteiger partial charge in [0.05, 0.1) is 36.7 Å². The third kappa shape index (κ3) is 3.59. The van der Waals surface area contributed by atoms with E-state index in [2.05, 4.69) is 9.97 Å². The van der Waals surface area contributed by atoms with Crippen molar-refractivity contribution >= 4 is 22.3 Å². The molecule has 30 heavy (non-hydrogen) atoms. The van der Waals surface area contributed by atoms with Gasteiger partial charge in [-0.1, -0.05) is 19.1 Å². The number of nitrogens with one attached hydrogen (secondary N) is 1. The predicted molar refractivity (Wildman–Crippen MR) is 119 cm³/mol. The van der Waals surface area contributed by atoms with Crippen LogP contribution in [0, 0.1) is 0 Å². The Hall–Kier alpha value is -3.80. The van der Waals surface area contributed by atoms with Crippen LogP contribution in [0.5, 0.6) is 17.4 Å². The summed E-state index contributed by atoms with van der Waals surface area (Å²) >= 11 is 0. The summed E-state index contributed by atoms with van der Waals surface area (Å²) in [5, 5.41) is 11.4. The number of aliphatic imine (C=N–C) groups is 1. The molecule has 2 aromatic carbocycles. The Balaban J connectivity index is 1.76. The van der Waals surface area contributed by atoms with Gasteiger partial charge in [-0.25, -0.2) is 0 Å². The van der Waals surface area contributed by atoms with Gasteiger partial charge in [0.2, 0.25) is 0 Å². The monoisotopic (exact) mass is 401 g/mol. The van der Waals surface area contributed by atoms with E-state index in [4.69, 9.17) is 14.5 Å². The highest BCUT2D eigenvalue weighted by Crippen LogP contribution is 2.37. The summed E-state index contributed by atoms with van der Waals surface area (Å²) in [4.78, 5) is 11.9. The molecule has 0 bridgehead atoms. The zero-order chi connectivity index (χ0) is 21.1. The van der Waals surface area contributed by atoms with E-state index in [1.807, 2.05) is 55.5 Å². The Bertz CT molecular complexity index is 1200. The fourth-order valence-corrected chi connectivity index (χ4v) is 3.54. The molecule has 6 heteroatoms. The molecule has 0 unspecified atom stereocenters. The summed E-state index contributed by atoms with van der Waals surface area (Å²) < 4.78 is 10.8. The first kappa shape index (κ1) is 19.5. The third-order valence-corrected chi connectivity index (χ3v) is 5.05. The minimum Gasteiger partial charge on any atom is -0.494 e. The number of benzene rings is 2. The Morgan fingerprint density at radius 2 is 1.60 bits per heavy atom. The standard InChI is InChI=1S/C24H23N3O3/c1-4-19(26-17-7-5-15(6-8-17)16-9-11-25-12-10-16)23-18-13-21(29-2)22(30-3)14-20(18)27-24(23)28/h5-14,27-28H,4H2,1-3H3. The van der Waals surface area contributed by atoms with Gasteiger partial charge in [-0.3, -0.25) is 9.98 Å². The number of fused-ring (bicyclic) bond motifs is 1. The summed E-state index contributed by atoms with van der Waals surface area (Å²) in [6.07, 6.45) is 4.21. The quantitative estimate of drug-likeness (QED) is 0.419. The number of hydrogen-bond donors (Lipinski definition) is 2. The number of methoxy groups -OCH3 is 2. The van der Waals surface area contributed by atoms with Crippen molar-refractivity contribution in [2.24, 2.45) is 4.99 Å². The molecule has 0 fully saturated rings. The van der Waals surface area contributed by atoms with E-state index >= 15 is 0 Å². The Morgan fingerprint density at radius 1 is 0.967 bits per heavy atom. The number of rotatable bonds is 6. The smallest absolute Gasteiger partial charge is 0.198 e. The first-order valence-electron chi connectivity index (χ1n) is 9.69. The molecule has 0 spiro atoms. The fraction of sp³-hybridized carbons (Fsp3) is 0.167. The van der Waals surface area contributed by atoms with E-state index in [1.54, 1.807) is 26.6 Å². The van der Waals surface area contributed by atoms with Gasteiger partial charge in [-0.05, 0) is 47.9 Å². The highest BCUT2D eigenvalue weighted by Gasteiger charge is 2.18. The van der Waals surface area contributed by atoms with Gasteiger partial charge in [0.25, 0.3) is 0 Å². The van der Waals surface area contributed by atoms with Crippen molar-refractivity contribution in [1.29, 1.82) is 0 Å². The van der Waals surface area contributed by atoms with Crippen molar-refractivity contribution < 1.29 is 14.6 Å². The van der Waals surface area contributed by atoms with Crippen LogP contribution in [-0.4, -0.2) is 35.0 Å². The van der Waals surface area contributed by atoms with Crippen molar-refractivity contribution in [3.05, 3.63) is 66.5 Å². The maximum Gasteiger partial charge on any atom is 0.198 e. The van der Waals surface area contributed by atoms with Crippen molar-refractivity contribution in [2.75, 3.05) is 14.2 Å². The molecular formula is C24H23N3O3. The second-order valence-electron chi connectivity index (χ2n) is 6.80. The van der Waals surface area contributed by atoms with E-state index in [-0.39, 0.29) is 5.88 Å². The van der Waals surface area contributed by atoms with Gasteiger partial charge in [0.1, 0.15) is 0 Å². The van der Waals surface area contributed by atoms with Crippen LogP contribution >= 0.6 is 0 Å². The molecule has 0 aliphatic rings. The summed E-state index contributed by atoms with van der Waals surface area (Å²) in [5.74, 6) is 1.27. The molecule has 2 heterocycles. The molecule has 0 aliphatic carbocycles. The highest BCUT2D eigenvalue weighted by atomic mass is 16.5. The summed E-state index contributed by atoms with van der Waals surface area (Å²) in [7, 11) is 3.18. The Morgan fingerprint density at radius 3 is 2.23 bits per heavy atom. The second-order valence-corrected chi connectivity index (χ2v) is 6.80. The van der Waals surface area contributed by atoms with E-state index in [9.17, 15) is 5.11 Å². The second kappa shape index (κ2) is 8.29. The first-order valence-corrected chi connectivity index (χ1v) is 9.69. The predicted octanol–water partition coefficient (Wildman–Crippen LogP) is 5.48. The molecule has 0 atom stereocenters. The van der Waals surface area contributed by atoms with Crippen LogP contribution < -0.4 is 9.47 Å². The van der Waals surface area contributed by atoms with Crippen molar-refractivity contribution in [3.8, 4) is 28.5 Å². The molecule has 0 amide bonds. The summed E-state index contributed by atoms with van der Waals surface area (Å²) in [6.45, 7) is 2.02. The Kier molecular flexibility index (Phi) is 5.39. The lowest BCUT2D eigenvalue weighted by Gasteiger charge is -2.09. The van der Waals surface area contributed by atoms with Crippen molar-refractivity contribution in [1.82, 2.24) is 9.97 Å². The molecule has 2 N–H and O–H groups in total. The van der Waals surface area contributed by atoms with Crippen molar-refractivity contribution in [2.45, 2.75) is 13.3 Å². The number of aromatic hydroxyl groups is 1. The average molecular weight is 401 g/mol. The zero-order valence-corrected chi connectivity index (χ0v) is 17.1. The first-order chi connectivity index (χ1) is 14.6. The highest BCUT2D eigenvalue weighted by molar-refractivity contribution is 6.14. The number of ether oxygens (including phenoxy) is 2. The largest absolute Gasteiger partial charge is 0.494 e. The molecular weight excluding hydrogens is 378 g/mol. The fourth-order valence-electron chi connectivity index (χ4n) is 3.54. The minimum atomic E-state index is 0.0781. The van der Waals surface area contributed by atoms with Gasteiger partial charge in [-0.2, -0.15) is 0 Å². The molecule has 4 rings (SSSR count). The molecule has 0 saturated heterocycles. The average Bonchev–Trinajstić information content (AvgIpc) is 3.12. The van der Waals surface area contributed by atoms with E-state index in [1.165, 1.54) is 0 Å². The van der Waals surface area contributed by atoms with Crippen LogP contribution in [0.25, 0.3) is 22.0 Å². The lowest BCUT2D eigenvalue weighted by atomic mass is 10.0. The minimum absolute atomic E-state index is 0.0781. The number of aromatic nitrogens is 2. The molecule has 2 aromatic heterocycles. The van der Waals surface area contributed by atoms with Crippen molar-refractivity contribution in [3.63, 3.8) is 0 Å². The SMILES string of the molecule is CCC(=Nc1ccc(-c2ccncc2)cc1)c1c(O)[nH]c2cc(OC)c(OC)cc12. The number of pyridine rings is 1. The number of nitrogens with zero attached hydrogens (tertiary/aromatic N) is 2. The van der Waals surface area contributed by atoms with Crippen LogP contribution in [-0.2, 0) is 0 Å². The van der Waals surface area contributed by atoms with Crippen LogP contribution in [0.15, 0.2) is 65.9 Å². The molecule has 6 nitrogen and oxygen atoms in total. The zero-order valence-electron chi connectivity index (χ0n) is 17.1. The van der Waals surface area contributed by atoms with E-state index in [0.29, 0.717) is 23.5 Å². The maximum absolute atomic E-state index is 10.6. The van der Waals surface area contributed by atoms with Gasteiger partial charge >= 0.3 is 0 Å².